The fourth-order valence-corrected chi connectivity index (χ4v) is 3.65. The number of amides is 1. The molecule has 1 fully saturated rings. The summed E-state index contributed by atoms with van der Waals surface area (Å²) in [6, 6.07) is 12.3. The van der Waals surface area contributed by atoms with Crippen LogP contribution >= 0.6 is 0 Å². The number of rotatable bonds is 8. The highest BCUT2D eigenvalue weighted by Gasteiger charge is 2.19. The van der Waals surface area contributed by atoms with Gasteiger partial charge in [0.1, 0.15) is 5.75 Å². The molecule has 0 saturated carbocycles. The number of aromatic nitrogens is 2. The van der Waals surface area contributed by atoms with Crippen LogP contribution in [0.15, 0.2) is 54.9 Å². The number of ether oxygens (including phenoxy) is 4. The first-order valence-corrected chi connectivity index (χ1v) is 11.0. The highest BCUT2D eigenvalue weighted by atomic mass is 16.5. The van der Waals surface area contributed by atoms with Gasteiger partial charge in [-0.05, 0) is 48.9 Å². The maximum atomic E-state index is 12.8. The topological polar surface area (TPSA) is 95.0 Å². The van der Waals surface area contributed by atoms with Crippen LogP contribution < -0.4 is 24.4 Å². The molecule has 1 amide bonds. The Labute approximate surface area is 198 Å². The van der Waals surface area contributed by atoms with Crippen LogP contribution in [0.25, 0.3) is 0 Å². The molecule has 1 unspecified atom stereocenters. The normalized spacial score (nSPS) is 14.3. The average Bonchev–Trinajstić information content (AvgIpc) is 2.89. The van der Waals surface area contributed by atoms with Gasteiger partial charge in [-0.2, -0.15) is 0 Å². The van der Waals surface area contributed by atoms with E-state index in [0.717, 1.165) is 18.7 Å². The van der Waals surface area contributed by atoms with Crippen LogP contribution in [0.4, 0.5) is 5.82 Å². The third kappa shape index (κ3) is 5.37. The largest absolute Gasteiger partial charge is 0.493 e. The Morgan fingerprint density at radius 1 is 1.00 bits per heavy atom. The molecular formula is C25H28N4O5. The molecule has 4 rings (SSSR count). The maximum absolute atomic E-state index is 12.8. The molecule has 1 aromatic heterocycles. The summed E-state index contributed by atoms with van der Waals surface area (Å²) < 4.78 is 22.0. The molecule has 1 saturated heterocycles. The molecule has 1 aliphatic rings. The lowest BCUT2D eigenvalue weighted by Crippen LogP contribution is -2.37. The lowest BCUT2D eigenvalue weighted by Gasteiger charge is -2.28. The van der Waals surface area contributed by atoms with Crippen molar-refractivity contribution in [2.75, 3.05) is 45.4 Å². The van der Waals surface area contributed by atoms with E-state index in [1.54, 1.807) is 50.9 Å². The van der Waals surface area contributed by atoms with E-state index in [-0.39, 0.29) is 11.9 Å². The standard InChI is InChI=1S/C25H28N4O5/c1-17(19-6-9-21(31-2)22(16-19)32-3)28-24(30)18-4-7-20(8-5-18)34-25-23(26-10-11-27-25)29-12-14-33-15-13-29/h4-11,16-17H,12-15H2,1-3H3,(H,28,30). The quantitative estimate of drug-likeness (QED) is 0.540. The fraction of sp³-hybridized carbons (Fsp3) is 0.320. The van der Waals surface area contributed by atoms with E-state index < -0.39 is 0 Å². The molecule has 0 bridgehead atoms. The lowest BCUT2D eigenvalue weighted by molar-refractivity contribution is 0.0940. The van der Waals surface area contributed by atoms with Gasteiger partial charge in [0, 0.05) is 31.0 Å². The van der Waals surface area contributed by atoms with Gasteiger partial charge >= 0.3 is 0 Å². The smallest absolute Gasteiger partial charge is 0.263 e. The molecule has 9 nitrogen and oxygen atoms in total. The molecule has 0 spiro atoms. The zero-order valence-electron chi connectivity index (χ0n) is 19.5. The summed E-state index contributed by atoms with van der Waals surface area (Å²) in [6.45, 7) is 4.65. The maximum Gasteiger partial charge on any atom is 0.263 e. The van der Waals surface area contributed by atoms with Crippen LogP contribution in [0.3, 0.4) is 0 Å². The monoisotopic (exact) mass is 464 g/mol. The van der Waals surface area contributed by atoms with Gasteiger partial charge in [-0.3, -0.25) is 4.79 Å². The van der Waals surface area contributed by atoms with Crippen molar-refractivity contribution in [2.24, 2.45) is 0 Å². The molecule has 0 aliphatic carbocycles. The van der Waals surface area contributed by atoms with Gasteiger partial charge in [-0.1, -0.05) is 6.07 Å². The Kier molecular flexibility index (Phi) is 7.44. The number of morpholine rings is 1. The van der Waals surface area contributed by atoms with Crippen molar-refractivity contribution < 1.29 is 23.7 Å². The van der Waals surface area contributed by atoms with Crippen LogP contribution in [-0.2, 0) is 4.74 Å². The first-order chi connectivity index (χ1) is 16.6. The minimum Gasteiger partial charge on any atom is -0.493 e. The van der Waals surface area contributed by atoms with Gasteiger partial charge in [0.05, 0.1) is 33.5 Å². The SMILES string of the molecule is COc1ccc(C(C)NC(=O)c2ccc(Oc3nccnc3N3CCOCC3)cc2)cc1OC. The van der Waals surface area contributed by atoms with E-state index in [1.807, 2.05) is 25.1 Å². The summed E-state index contributed by atoms with van der Waals surface area (Å²) in [7, 11) is 3.17. The number of carbonyl (C=O) groups excluding carboxylic acids is 1. The summed E-state index contributed by atoms with van der Waals surface area (Å²) in [4.78, 5) is 23.6. The molecule has 2 aromatic carbocycles. The van der Waals surface area contributed by atoms with Gasteiger partial charge in [0.2, 0.25) is 0 Å². The molecule has 1 atom stereocenters. The summed E-state index contributed by atoms with van der Waals surface area (Å²) >= 11 is 0. The molecule has 0 radical (unpaired) electrons. The number of hydrogen-bond acceptors (Lipinski definition) is 8. The fourth-order valence-electron chi connectivity index (χ4n) is 3.65. The summed E-state index contributed by atoms with van der Waals surface area (Å²) in [5.74, 6) is 2.73. The highest BCUT2D eigenvalue weighted by Crippen LogP contribution is 2.31. The first-order valence-electron chi connectivity index (χ1n) is 11.0. The number of nitrogens with one attached hydrogen (secondary N) is 1. The third-order valence-corrected chi connectivity index (χ3v) is 5.54. The van der Waals surface area contributed by atoms with E-state index in [4.69, 9.17) is 18.9 Å². The molecular weight excluding hydrogens is 436 g/mol. The summed E-state index contributed by atoms with van der Waals surface area (Å²) in [5, 5.41) is 3.01. The van der Waals surface area contributed by atoms with Crippen molar-refractivity contribution in [2.45, 2.75) is 13.0 Å². The van der Waals surface area contributed by atoms with Crippen molar-refractivity contribution >= 4 is 11.7 Å². The number of nitrogens with zero attached hydrogens (tertiary/aromatic N) is 3. The molecule has 9 heteroatoms. The van der Waals surface area contributed by atoms with Crippen molar-refractivity contribution in [1.29, 1.82) is 0 Å². The van der Waals surface area contributed by atoms with Crippen LogP contribution in [0, 0.1) is 0 Å². The Hall–Kier alpha value is -3.85. The Morgan fingerprint density at radius 3 is 2.41 bits per heavy atom. The van der Waals surface area contributed by atoms with E-state index in [9.17, 15) is 4.79 Å². The van der Waals surface area contributed by atoms with Crippen LogP contribution in [0.2, 0.25) is 0 Å². The van der Waals surface area contributed by atoms with E-state index >= 15 is 0 Å². The van der Waals surface area contributed by atoms with E-state index in [2.05, 4.69) is 20.2 Å². The van der Waals surface area contributed by atoms with Gasteiger partial charge in [-0.15, -0.1) is 0 Å². The van der Waals surface area contributed by atoms with Crippen molar-refractivity contribution in [3.63, 3.8) is 0 Å². The highest BCUT2D eigenvalue weighted by molar-refractivity contribution is 5.94. The summed E-state index contributed by atoms with van der Waals surface area (Å²) in [6.07, 6.45) is 3.24. The number of anilines is 1. The molecule has 34 heavy (non-hydrogen) atoms. The summed E-state index contributed by atoms with van der Waals surface area (Å²) in [5.41, 5.74) is 1.43. The minimum atomic E-state index is -0.223. The predicted molar refractivity (Wildman–Crippen MR) is 127 cm³/mol. The Bertz CT molecular complexity index is 1120. The molecule has 3 aromatic rings. The molecule has 2 heterocycles. The van der Waals surface area contributed by atoms with Gasteiger partial charge in [0.15, 0.2) is 17.3 Å². The van der Waals surface area contributed by atoms with E-state index in [1.165, 1.54) is 0 Å². The van der Waals surface area contributed by atoms with Crippen molar-refractivity contribution in [3.05, 3.63) is 66.0 Å². The molecule has 1 aliphatic heterocycles. The number of methoxy groups -OCH3 is 2. The number of hydrogen-bond donors (Lipinski definition) is 1. The lowest BCUT2D eigenvalue weighted by atomic mass is 10.1. The second-order valence-electron chi connectivity index (χ2n) is 7.72. The van der Waals surface area contributed by atoms with E-state index in [0.29, 0.717) is 47.7 Å². The van der Waals surface area contributed by atoms with Gasteiger partial charge in [-0.25, -0.2) is 9.97 Å². The number of benzene rings is 2. The molecule has 1 N–H and O–H groups in total. The second-order valence-corrected chi connectivity index (χ2v) is 7.72. The average molecular weight is 465 g/mol. The number of carbonyl (C=O) groups is 1. The first kappa shape index (κ1) is 23.3. The second kappa shape index (κ2) is 10.8. The van der Waals surface area contributed by atoms with Gasteiger partial charge in [0.25, 0.3) is 11.8 Å². The molecule has 178 valence electrons. The third-order valence-electron chi connectivity index (χ3n) is 5.54. The Morgan fingerprint density at radius 2 is 1.71 bits per heavy atom. The van der Waals surface area contributed by atoms with Crippen LogP contribution in [-0.4, -0.2) is 56.4 Å². The Balaban J connectivity index is 1.41. The van der Waals surface area contributed by atoms with Crippen LogP contribution in [0.5, 0.6) is 23.1 Å². The zero-order chi connectivity index (χ0) is 23.9. The van der Waals surface area contributed by atoms with Crippen molar-refractivity contribution in [1.82, 2.24) is 15.3 Å². The van der Waals surface area contributed by atoms with Crippen molar-refractivity contribution in [3.8, 4) is 23.1 Å². The predicted octanol–water partition coefficient (Wildman–Crippen LogP) is 3.61. The zero-order valence-corrected chi connectivity index (χ0v) is 19.5. The van der Waals surface area contributed by atoms with Crippen LogP contribution in [0.1, 0.15) is 28.9 Å². The minimum absolute atomic E-state index is 0.192. The van der Waals surface area contributed by atoms with Gasteiger partial charge < -0.3 is 29.2 Å².